The Morgan fingerprint density at radius 3 is 2.70 bits per heavy atom. The third-order valence-corrected chi connectivity index (χ3v) is 8.87. The number of benzene rings is 1. The van der Waals surface area contributed by atoms with Gasteiger partial charge in [0.05, 0.1) is 34.0 Å². The number of aromatic nitrogens is 3. The minimum Gasteiger partial charge on any atom is -0.354 e. The molecule has 1 atom stereocenters. The number of hydrogen-bond donors (Lipinski definition) is 2. The fourth-order valence-corrected chi connectivity index (χ4v) is 6.25. The van der Waals surface area contributed by atoms with E-state index in [0.29, 0.717) is 17.3 Å². The summed E-state index contributed by atoms with van der Waals surface area (Å²) in [6.45, 7) is 4.77. The van der Waals surface area contributed by atoms with Crippen LogP contribution in [0.4, 0.5) is 5.82 Å². The normalized spacial score (nSPS) is 17.6. The predicted octanol–water partition coefficient (Wildman–Crippen LogP) is 3.52. The Labute approximate surface area is 234 Å². The van der Waals surface area contributed by atoms with E-state index >= 15 is 0 Å². The molecule has 2 N–H and O–H groups in total. The van der Waals surface area contributed by atoms with Gasteiger partial charge in [-0.15, -0.1) is 0 Å². The average Bonchev–Trinajstić information content (AvgIpc) is 3.81. The van der Waals surface area contributed by atoms with Crippen molar-refractivity contribution in [2.45, 2.75) is 37.2 Å². The number of carbonyl (C=O) groups is 1. The molecular formula is C30H32N6O3S. The molecule has 9 nitrogen and oxygen atoms in total. The van der Waals surface area contributed by atoms with E-state index in [1.807, 2.05) is 30.3 Å². The van der Waals surface area contributed by atoms with E-state index in [0.717, 1.165) is 59.9 Å². The number of piperazine rings is 1. The van der Waals surface area contributed by atoms with Gasteiger partial charge in [-0.05, 0) is 73.7 Å². The Morgan fingerprint density at radius 2 is 1.90 bits per heavy atom. The molecule has 1 aliphatic heterocycles. The number of nitrogens with one attached hydrogen (secondary N) is 2. The van der Waals surface area contributed by atoms with Crippen LogP contribution in [0, 0.1) is 12.8 Å². The van der Waals surface area contributed by atoms with E-state index in [1.54, 1.807) is 25.3 Å². The summed E-state index contributed by atoms with van der Waals surface area (Å²) in [4.78, 5) is 29.6. The molecule has 2 aliphatic rings. The number of sulfone groups is 1. The highest BCUT2D eigenvalue weighted by Gasteiger charge is 2.34. The minimum absolute atomic E-state index is 0.151. The predicted molar refractivity (Wildman–Crippen MR) is 155 cm³/mol. The fourth-order valence-electron chi connectivity index (χ4n) is 5.25. The Morgan fingerprint density at radius 1 is 1.07 bits per heavy atom. The molecule has 1 amide bonds. The summed E-state index contributed by atoms with van der Waals surface area (Å²) in [5.41, 5.74) is 3.88. The van der Waals surface area contributed by atoms with Crippen molar-refractivity contribution in [2.24, 2.45) is 5.92 Å². The molecule has 1 unspecified atom stereocenters. The average molecular weight is 557 g/mol. The second kappa shape index (κ2) is 10.6. The number of carbonyl (C=O) groups excluding carboxylic acids is 1. The summed E-state index contributed by atoms with van der Waals surface area (Å²) in [6, 6.07) is 17.1. The van der Waals surface area contributed by atoms with Crippen molar-refractivity contribution >= 4 is 32.5 Å². The quantitative estimate of drug-likeness (QED) is 0.355. The van der Waals surface area contributed by atoms with Crippen molar-refractivity contribution in [3.8, 4) is 11.4 Å². The number of nitrogens with zero attached hydrogens (tertiary/aromatic N) is 4. The van der Waals surface area contributed by atoms with E-state index < -0.39 is 9.84 Å². The van der Waals surface area contributed by atoms with Crippen LogP contribution in [-0.4, -0.2) is 61.2 Å². The summed E-state index contributed by atoms with van der Waals surface area (Å²) in [5, 5.41) is 7.38. The van der Waals surface area contributed by atoms with Crippen LogP contribution >= 0.6 is 0 Å². The molecule has 0 spiro atoms. The van der Waals surface area contributed by atoms with E-state index in [4.69, 9.17) is 9.97 Å². The highest BCUT2D eigenvalue weighted by molar-refractivity contribution is 7.90. The van der Waals surface area contributed by atoms with Gasteiger partial charge in [0.25, 0.3) is 5.91 Å². The standard InChI is InChI=1S/C30H32N6O3S/c1-19-6-7-21(14-28(19)40(2,38)39)30(37)33-17-23-15-26-22(16-32-23)10-11-25(34-26)24-4-3-5-29(35-24)36-13-12-31-27(18-36)20-8-9-20/h3-7,10-11,14-16,20,27,31H,8-9,12-13,17-18H2,1-2H3,(H,33,37). The zero-order valence-corrected chi connectivity index (χ0v) is 23.4. The minimum atomic E-state index is -3.43. The molecule has 4 aromatic rings. The summed E-state index contributed by atoms with van der Waals surface area (Å²) in [7, 11) is -3.43. The van der Waals surface area contributed by atoms with Gasteiger partial charge in [-0.2, -0.15) is 0 Å². The Bertz CT molecular complexity index is 1700. The van der Waals surface area contributed by atoms with Crippen molar-refractivity contribution in [3.63, 3.8) is 0 Å². The van der Waals surface area contributed by atoms with Crippen molar-refractivity contribution in [1.82, 2.24) is 25.6 Å². The number of hydrogen-bond acceptors (Lipinski definition) is 8. The molecule has 2 fully saturated rings. The largest absolute Gasteiger partial charge is 0.354 e. The van der Waals surface area contributed by atoms with Gasteiger partial charge in [0.15, 0.2) is 9.84 Å². The smallest absolute Gasteiger partial charge is 0.251 e. The van der Waals surface area contributed by atoms with Gasteiger partial charge < -0.3 is 15.5 Å². The number of aryl methyl sites for hydroxylation is 1. The first-order valence-corrected chi connectivity index (χ1v) is 15.4. The molecule has 1 aromatic carbocycles. The van der Waals surface area contributed by atoms with Crippen LogP contribution in [0.2, 0.25) is 0 Å². The molecule has 10 heteroatoms. The third-order valence-electron chi connectivity index (χ3n) is 7.63. The maximum atomic E-state index is 12.8. The van der Waals surface area contributed by atoms with Gasteiger partial charge in [-0.3, -0.25) is 9.78 Å². The lowest BCUT2D eigenvalue weighted by Gasteiger charge is -2.34. The van der Waals surface area contributed by atoms with Crippen LogP contribution in [0.15, 0.2) is 65.7 Å². The number of amides is 1. The zero-order valence-electron chi connectivity index (χ0n) is 22.6. The SMILES string of the molecule is Cc1ccc(C(=O)NCc2cc3nc(-c4cccc(N5CCNC(C6CC6)C5)n4)ccc3cn2)cc1S(C)(=O)=O. The molecule has 40 heavy (non-hydrogen) atoms. The summed E-state index contributed by atoms with van der Waals surface area (Å²) >= 11 is 0. The number of anilines is 1. The van der Waals surface area contributed by atoms with E-state index in [-0.39, 0.29) is 22.9 Å². The fraction of sp³-hybridized carbons (Fsp3) is 0.333. The topological polar surface area (TPSA) is 117 Å². The molecule has 1 saturated carbocycles. The van der Waals surface area contributed by atoms with Crippen LogP contribution in [0.25, 0.3) is 22.3 Å². The lowest BCUT2D eigenvalue weighted by atomic mass is 10.1. The second-order valence-corrected chi connectivity index (χ2v) is 12.7. The van der Waals surface area contributed by atoms with E-state index in [9.17, 15) is 13.2 Å². The molecule has 0 bridgehead atoms. The molecule has 3 aromatic heterocycles. The Balaban J connectivity index is 1.18. The van der Waals surface area contributed by atoms with Crippen molar-refractivity contribution in [1.29, 1.82) is 0 Å². The zero-order chi connectivity index (χ0) is 27.9. The Kier molecular flexibility index (Phi) is 6.97. The van der Waals surface area contributed by atoms with Gasteiger partial charge in [0, 0.05) is 49.1 Å². The monoisotopic (exact) mass is 556 g/mol. The number of fused-ring (bicyclic) bond motifs is 1. The number of pyridine rings is 3. The third kappa shape index (κ3) is 5.68. The molecule has 0 radical (unpaired) electrons. The van der Waals surface area contributed by atoms with Crippen LogP contribution < -0.4 is 15.5 Å². The molecule has 6 rings (SSSR count). The van der Waals surface area contributed by atoms with Crippen LogP contribution in [0.5, 0.6) is 0 Å². The summed E-state index contributed by atoms with van der Waals surface area (Å²) < 4.78 is 24.1. The lowest BCUT2D eigenvalue weighted by molar-refractivity contribution is 0.0950. The highest BCUT2D eigenvalue weighted by Crippen LogP contribution is 2.34. The summed E-state index contributed by atoms with van der Waals surface area (Å²) in [5.74, 6) is 1.40. The van der Waals surface area contributed by atoms with Crippen LogP contribution in [-0.2, 0) is 16.4 Å². The first kappa shape index (κ1) is 26.3. The molecular weight excluding hydrogens is 524 g/mol. The molecule has 206 valence electrons. The second-order valence-electron chi connectivity index (χ2n) is 10.7. The van der Waals surface area contributed by atoms with Crippen molar-refractivity contribution in [3.05, 3.63) is 77.6 Å². The van der Waals surface area contributed by atoms with Crippen molar-refractivity contribution in [2.75, 3.05) is 30.8 Å². The maximum Gasteiger partial charge on any atom is 0.251 e. The van der Waals surface area contributed by atoms with E-state index in [2.05, 4.69) is 26.6 Å². The van der Waals surface area contributed by atoms with Crippen LogP contribution in [0.3, 0.4) is 0 Å². The molecule has 1 aliphatic carbocycles. The van der Waals surface area contributed by atoms with Gasteiger partial charge >= 0.3 is 0 Å². The first-order chi connectivity index (χ1) is 19.2. The van der Waals surface area contributed by atoms with Gasteiger partial charge in [-0.1, -0.05) is 12.1 Å². The summed E-state index contributed by atoms with van der Waals surface area (Å²) in [6.07, 6.45) is 5.51. The number of rotatable bonds is 7. The van der Waals surface area contributed by atoms with Gasteiger partial charge in [0.2, 0.25) is 0 Å². The Hall–Kier alpha value is -3.89. The van der Waals surface area contributed by atoms with Crippen molar-refractivity contribution < 1.29 is 13.2 Å². The maximum absolute atomic E-state index is 12.8. The van der Waals surface area contributed by atoms with Gasteiger partial charge in [-0.25, -0.2) is 18.4 Å². The molecule has 4 heterocycles. The van der Waals surface area contributed by atoms with Crippen LogP contribution in [0.1, 0.15) is 34.5 Å². The van der Waals surface area contributed by atoms with Gasteiger partial charge in [0.1, 0.15) is 5.82 Å². The lowest BCUT2D eigenvalue weighted by Crippen LogP contribution is -2.52. The first-order valence-electron chi connectivity index (χ1n) is 13.5. The highest BCUT2D eigenvalue weighted by atomic mass is 32.2. The van der Waals surface area contributed by atoms with E-state index in [1.165, 1.54) is 18.9 Å². The molecule has 1 saturated heterocycles.